The van der Waals surface area contributed by atoms with Crippen molar-refractivity contribution in [2.45, 2.75) is 32.0 Å². The lowest BCUT2D eigenvalue weighted by atomic mass is 10.2. The Kier molecular flexibility index (Phi) is 4.57. The maximum Gasteiger partial charge on any atom is 0.332 e. The quantitative estimate of drug-likeness (QED) is 0.856. The second-order valence-electron chi connectivity index (χ2n) is 4.48. The summed E-state index contributed by atoms with van der Waals surface area (Å²) < 4.78 is 10.5. The Morgan fingerprint density at radius 1 is 1.40 bits per heavy atom. The van der Waals surface area contributed by atoms with Crippen molar-refractivity contribution < 1.29 is 24.2 Å². The van der Waals surface area contributed by atoms with E-state index in [2.05, 4.69) is 5.32 Å². The van der Waals surface area contributed by atoms with Gasteiger partial charge in [0.25, 0.3) is 5.91 Å². The first-order valence-electron chi connectivity index (χ1n) is 6.52. The van der Waals surface area contributed by atoms with Gasteiger partial charge < -0.3 is 19.9 Å². The van der Waals surface area contributed by atoms with E-state index in [1.54, 1.807) is 24.3 Å². The standard InChI is InChI=1S/C14H17NO5/c1-2-19-10-5-3-4-9(8-10)15-13(16)11-6-7-12(20-11)14(17)18/h3-5,8,11-12H,2,6-7H2,1H3,(H,15,16)(H,17,18). The number of carbonyl (C=O) groups is 2. The molecule has 0 saturated carbocycles. The highest BCUT2D eigenvalue weighted by molar-refractivity contribution is 5.94. The van der Waals surface area contributed by atoms with Crippen LogP contribution in [0.1, 0.15) is 19.8 Å². The molecule has 1 aromatic rings. The Hall–Kier alpha value is -2.08. The zero-order valence-electron chi connectivity index (χ0n) is 11.2. The minimum absolute atomic E-state index is 0.331. The number of nitrogens with one attached hydrogen (secondary N) is 1. The number of ether oxygens (including phenoxy) is 2. The van der Waals surface area contributed by atoms with E-state index in [-0.39, 0.29) is 5.91 Å². The molecule has 2 rings (SSSR count). The Morgan fingerprint density at radius 2 is 2.15 bits per heavy atom. The van der Waals surface area contributed by atoms with Gasteiger partial charge in [-0.2, -0.15) is 0 Å². The van der Waals surface area contributed by atoms with E-state index < -0.39 is 18.2 Å². The highest BCUT2D eigenvalue weighted by Gasteiger charge is 2.34. The van der Waals surface area contributed by atoms with E-state index >= 15 is 0 Å². The van der Waals surface area contributed by atoms with Crippen molar-refractivity contribution in [2.24, 2.45) is 0 Å². The maximum absolute atomic E-state index is 12.0. The van der Waals surface area contributed by atoms with E-state index in [9.17, 15) is 9.59 Å². The van der Waals surface area contributed by atoms with Crippen LogP contribution >= 0.6 is 0 Å². The fourth-order valence-electron chi connectivity index (χ4n) is 2.06. The van der Waals surface area contributed by atoms with E-state index in [1.165, 1.54) is 0 Å². The number of hydrogen-bond donors (Lipinski definition) is 2. The first-order valence-corrected chi connectivity index (χ1v) is 6.52. The number of rotatable bonds is 5. The second kappa shape index (κ2) is 6.38. The summed E-state index contributed by atoms with van der Waals surface area (Å²) in [5.74, 6) is -0.693. The van der Waals surface area contributed by atoms with E-state index in [0.717, 1.165) is 0 Å². The van der Waals surface area contributed by atoms with Crippen LogP contribution in [0.3, 0.4) is 0 Å². The molecule has 6 nitrogen and oxygen atoms in total. The van der Waals surface area contributed by atoms with Crippen LogP contribution in [0.15, 0.2) is 24.3 Å². The number of hydrogen-bond acceptors (Lipinski definition) is 4. The van der Waals surface area contributed by atoms with Crippen molar-refractivity contribution in [1.82, 2.24) is 0 Å². The van der Waals surface area contributed by atoms with Crippen molar-refractivity contribution >= 4 is 17.6 Å². The summed E-state index contributed by atoms with van der Waals surface area (Å²) in [6, 6.07) is 7.02. The van der Waals surface area contributed by atoms with Crippen molar-refractivity contribution in [2.75, 3.05) is 11.9 Å². The summed E-state index contributed by atoms with van der Waals surface area (Å²) in [7, 11) is 0. The fraction of sp³-hybridized carbons (Fsp3) is 0.429. The molecule has 2 unspecified atom stereocenters. The predicted molar refractivity (Wildman–Crippen MR) is 71.8 cm³/mol. The summed E-state index contributed by atoms with van der Waals surface area (Å²) in [5.41, 5.74) is 0.600. The Labute approximate surface area is 116 Å². The first-order chi connectivity index (χ1) is 9.60. The average Bonchev–Trinajstić information content (AvgIpc) is 2.89. The highest BCUT2D eigenvalue weighted by Crippen LogP contribution is 2.22. The van der Waals surface area contributed by atoms with E-state index in [0.29, 0.717) is 30.9 Å². The summed E-state index contributed by atoms with van der Waals surface area (Å²) in [6.07, 6.45) is -0.840. The maximum atomic E-state index is 12.0. The molecular weight excluding hydrogens is 262 g/mol. The number of anilines is 1. The number of amides is 1. The van der Waals surface area contributed by atoms with Gasteiger partial charge in [-0.05, 0) is 31.9 Å². The molecule has 6 heteroatoms. The predicted octanol–water partition coefficient (Wildman–Crippen LogP) is 1.66. The molecule has 0 aliphatic carbocycles. The van der Waals surface area contributed by atoms with Gasteiger partial charge in [-0.15, -0.1) is 0 Å². The van der Waals surface area contributed by atoms with Crippen LogP contribution in [0.2, 0.25) is 0 Å². The number of carbonyl (C=O) groups excluding carboxylic acids is 1. The molecule has 0 bridgehead atoms. The van der Waals surface area contributed by atoms with Crippen LogP contribution < -0.4 is 10.1 Å². The van der Waals surface area contributed by atoms with Crippen LogP contribution in [0, 0.1) is 0 Å². The molecular formula is C14H17NO5. The summed E-state index contributed by atoms with van der Waals surface area (Å²) >= 11 is 0. The normalized spacial score (nSPS) is 21.4. The molecule has 1 fully saturated rings. The third-order valence-electron chi connectivity index (χ3n) is 3.00. The van der Waals surface area contributed by atoms with Crippen LogP contribution in [0.4, 0.5) is 5.69 Å². The lowest BCUT2D eigenvalue weighted by Crippen LogP contribution is -2.29. The smallest absolute Gasteiger partial charge is 0.332 e. The van der Waals surface area contributed by atoms with Crippen molar-refractivity contribution in [1.29, 1.82) is 0 Å². The van der Waals surface area contributed by atoms with Gasteiger partial charge in [-0.3, -0.25) is 4.79 Å². The van der Waals surface area contributed by atoms with Crippen molar-refractivity contribution in [3.05, 3.63) is 24.3 Å². The number of carboxylic acids is 1. The van der Waals surface area contributed by atoms with Crippen molar-refractivity contribution in [3.63, 3.8) is 0 Å². The molecule has 1 saturated heterocycles. The zero-order chi connectivity index (χ0) is 14.5. The Bertz CT molecular complexity index is 502. The Morgan fingerprint density at radius 3 is 2.80 bits per heavy atom. The van der Waals surface area contributed by atoms with Crippen LogP contribution in [0.5, 0.6) is 5.75 Å². The molecule has 1 aromatic carbocycles. The molecule has 20 heavy (non-hydrogen) atoms. The van der Waals surface area contributed by atoms with Gasteiger partial charge in [0.2, 0.25) is 0 Å². The number of carboxylic acid groups (broad SMARTS) is 1. The van der Waals surface area contributed by atoms with Gasteiger partial charge in [-0.25, -0.2) is 4.79 Å². The Balaban J connectivity index is 1.95. The zero-order valence-corrected chi connectivity index (χ0v) is 11.2. The van der Waals surface area contributed by atoms with Gasteiger partial charge >= 0.3 is 5.97 Å². The SMILES string of the molecule is CCOc1cccc(NC(=O)C2CCC(C(=O)O)O2)c1. The molecule has 1 aliphatic heterocycles. The molecule has 1 aliphatic rings. The number of benzene rings is 1. The monoisotopic (exact) mass is 279 g/mol. The third kappa shape index (κ3) is 3.48. The molecule has 0 spiro atoms. The average molecular weight is 279 g/mol. The lowest BCUT2D eigenvalue weighted by Gasteiger charge is -2.12. The minimum atomic E-state index is -1.03. The van der Waals surface area contributed by atoms with Gasteiger partial charge in [0.15, 0.2) is 6.10 Å². The summed E-state index contributed by atoms with van der Waals surface area (Å²) in [4.78, 5) is 22.8. The topological polar surface area (TPSA) is 84.9 Å². The van der Waals surface area contributed by atoms with Gasteiger partial charge in [0, 0.05) is 11.8 Å². The minimum Gasteiger partial charge on any atom is -0.494 e. The molecule has 1 heterocycles. The van der Waals surface area contributed by atoms with Crippen LogP contribution in [0.25, 0.3) is 0 Å². The molecule has 2 N–H and O–H groups in total. The highest BCUT2D eigenvalue weighted by atomic mass is 16.5. The molecule has 0 aromatic heterocycles. The summed E-state index contributed by atoms with van der Waals surface area (Å²) in [6.45, 7) is 2.42. The number of aliphatic carboxylic acids is 1. The van der Waals surface area contributed by atoms with Crippen molar-refractivity contribution in [3.8, 4) is 5.75 Å². The second-order valence-corrected chi connectivity index (χ2v) is 4.48. The third-order valence-corrected chi connectivity index (χ3v) is 3.00. The van der Waals surface area contributed by atoms with E-state index in [1.807, 2.05) is 6.92 Å². The van der Waals surface area contributed by atoms with Crippen LogP contribution in [-0.4, -0.2) is 35.8 Å². The first kappa shape index (κ1) is 14.3. The largest absolute Gasteiger partial charge is 0.494 e. The summed E-state index contributed by atoms with van der Waals surface area (Å²) in [5, 5.41) is 11.5. The van der Waals surface area contributed by atoms with Gasteiger partial charge in [0.1, 0.15) is 11.9 Å². The van der Waals surface area contributed by atoms with Gasteiger partial charge in [0.05, 0.1) is 6.61 Å². The molecule has 108 valence electrons. The van der Waals surface area contributed by atoms with Gasteiger partial charge in [-0.1, -0.05) is 6.07 Å². The van der Waals surface area contributed by atoms with E-state index in [4.69, 9.17) is 14.6 Å². The molecule has 1 amide bonds. The van der Waals surface area contributed by atoms with Crippen LogP contribution in [-0.2, 0) is 14.3 Å². The fourth-order valence-corrected chi connectivity index (χ4v) is 2.06. The molecule has 0 radical (unpaired) electrons. The lowest BCUT2D eigenvalue weighted by molar-refractivity contribution is -0.150. The molecule has 2 atom stereocenters.